The average Bonchev–Trinajstić information content (AvgIpc) is 2.49. The van der Waals surface area contributed by atoms with Crippen molar-refractivity contribution in [1.29, 1.82) is 0 Å². The Balaban J connectivity index is 2.02. The van der Waals surface area contributed by atoms with Crippen LogP contribution >= 0.6 is 11.6 Å². The number of carbonyl (C=O) groups is 1. The summed E-state index contributed by atoms with van der Waals surface area (Å²) in [4.78, 5) is 10.9. The van der Waals surface area contributed by atoms with Crippen LogP contribution in [0.1, 0.15) is 12.5 Å². The molecule has 7 heteroatoms. The van der Waals surface area contributed by atoms with Gasteiger partial charge in [0.15, 0.2) is 6.10 Å². The van der Waals surface area contributed by atoms with Crippen LogP contribution < -0.4 is 9.47 Å². The van der Waals surface area contributed by atoms with E-state index < -0.39 is 23.1 Å². The lowest BCUT2D eigenvalue weighted by Crippen LogP contribution is -2.18. The standard InChI is InChI=1S/C16H12ClF3O3/c1-10(15(17)21)22-12-6-8-14(9-7-12)23-13-4-2-11(3-5-13)16(18,19)20/h2-10H,1H3. The van der Waals surface area contributed by atoms with Gasteiger partial charge < -0.3 is 9.47 Å². The number of benzene rings is 2. The van der Waals surface area contributed by atoms with Crippen LogP contribution in [-0.4, -0.2) is 11.3 Å². The molecule has 0 spiro atoms. The molecule has 0 saturated heterocycles. The van der Waals surface area contributed by atoms with Crippen molar-refractivity contribution in [3.05, 3.63) is 54.1 Å². The molecule has 2 rings (SSSR count). The topological polar surface area (TPSA) is 35.5 Å². The number of hydrogen-bond acceptors (Lipinski definition) is 3. The fourth-order valence-corrected chi connectivity index (χ4v) is 1.73. The highest BCUT2D eigenvalue weighted by Gasteiger charge is 2.30. The van der Waals surface area contributed by atoms with Crippen LogP contribution in [0.4, 0.5) is 13.2 Å². The second-order valence-electron chi connectivity index (χ2n) is 4.66. The van der Waals surface area contributed by atoms with E-state index in [1.165, 1.54) is 19.1 Å². The van der Waals surface area contributed by atoms with Gasteiger partial charge in [0, 0.05) is 0 Å². The number of carbonyl (C=O) groups excluding carboxylic acids is 1. The second kappa shape index (κ2) is 6.91. The predicted octanol–water partition coefficient (Wildman–Crippen LogP) is 5.03. The van der Waals surface area contributed by atoms with E-state index in [1.807, 2.05) is 0 Å². The van der Waals surface area contributed by atoms with Crippen molar-refractivity contribution in [3.63, 3.8) is 0 Å². The van der Waals surface area contributed by atoms with Gasteiger partial charge in [0.25, 0.3) is 5.24 Å². The quantitative estimate of drug-likeness (QED) is 0.714. The van der Waals surface area contributed by atoms with E-state index in [0.717, 1.165) is 12.1 Å². The molecule has 23 heavy (non-hydrogen) atoms. The van der Waals surface area contributed by atoms with Crippen LogP contribution in [-0.2, 0) is 11.0 Å². The molecule has 2 aromatic rings. The third-order valence-corrected chi connectivity index (χ3v) is 3.18. The van der Waals surface area contributed by atoms with Gasteiger partial charge >= 0.3 is 6.18 Å². The third-order valence-electron chi connectivity index (χ3n) is 2.87. The largest absolute Gasteiger partial charge is 0.482 e. The smallest absolute Gasteiger partial charge is 0.416 e. The fraction of sp³-hybridized carbons (Fsp3) is 0.188. The van der Waals surface area contributed by atoms with Gasteiger partial charge in [-0.05, 0) is 67.1 Å². The number of ether oxygens (including phenoxy) is 2. The van der Waals surface area contributed by atoms with Crippen molar-refractivity contribution in [2.45, 2.75) is 19.2 Å². The van der Waals surface area contributed by atoms with Crippen LogP contribution in [0.5, 0.6) is 17.2 Å². The molecule has 0 fully saturated rings. The molecule has 0 N–H and O–H groups in total. The highest BCUT2D eigenvalue weighted by Crippen LogP contribution is 2.31. The molecule has 0 bridgehead atoms. The Kier molecular flexibility index (Phi) is 5.15. The predicted molar refractivity (Wildman–Crippen MR) is 78.9 cm³/mol. The zero-order valence-corrected chi connectivity index (χ0v) is 12.7. The van der Waals surface area contributed by atoms with Gasteiger partial charge in [-0.3, -0.25) is 4.79 Å². The molecule has 0 heterocycles. The van der Waals surface area contributed by atoms with Crippen LogP contribution in [0.25, 0.3) is 0 Å². The minimum absolute atomic E-state index is 0.274. The highest BCUT2D eigenvalue weighted by molar-refractivity contribution is 6.64. The lowest BCUT2D eigenvalue weighted by Gasteiger charge is -2.12. The lowest BCUT2D eigenvalue weighted by atomic mass is 10.2. The summed E-state index contributed by atoms with van der Waals surface area (Å²) < 4.78 is 48.1. The maximum atomic E-state index is 12.5. The molecule has 0 aliphatic heterocycles. The number of rotatable bonds is 5. The summed E-state index contributed by atoms with van der Waals surface area (Å²) in [5, 5.41) is -0.616. The first kappa shape index (κ1) is 17.1. The zero-order valence-electron chi connectivity index (χ0n) is 11.9. The van der Waals surface area contributed by atoms with Gasteiger partial charge in [-0.2, -0.15) is 13.2 Å². The molecular weight excluding hydrogens is 333 g/mol. The SMILES string of the molecule is CC(Oc1ccc(Oc2ccc(C(F)(F)F)cc2)cc1)C(=O)Cl. The zero-order chi connectivity index (χ0) is 17.0. The number of alkyl halides is 3. The monoisotopic (exact) mass is 344 g/mol. The minimum Gasteiger partial charge on any atom is -0.482 e. The van der Waals surface area contributed by atoms with Gasteiger partial charge in [-0.25, -0.2) is 0 Å². The molecule has 1 unspecified atom stereocenters. The van der Waals surface area contributed by atoms with Crippen LogP contribution in [0.2, 0.25) is 0 Å². The van der Waals surface area contributed by atoms with Crippen molar-refractivity contribution in [2.75, 3.05) is 0 Å². The summed E-state index contributed by atoms with van der Waals surface area (Å²) in [6, 6.07) is 10.6. The first-order chi connectivity index (χ1) is 10.8. The molecule has 122 valence electrons. The molecule has 0 aromatic heterocycles. The van der Waals surface area contributed by atoms with E-state index in [4.69, 9.17) is 21.1 Å². The van der Waals surface area contributed by atoms with Gasteiger partial charge in [-0.1, -0.05) is 0 Å². The van der Waals surface area contributed by atoms with E-state index >= 15 is 0 Å². The molecule has 0 radical (unpaired) electrons. The molecule has 3 nitrogen and oxygen atoms in total. The van der Waals surface area contributed by atoms with Crippen molar-refractivity contribution in [3.8, 4) is 17.2 Å². The van der Waals surface area contributed by atoms with Gasteiger partial charge in [0.1, 0.15) is 17.2 Å². The van der Waals surface area contributed by atoms with Crippen LogP contribution in [0.15, 0.2) is 48.5 Å². The summed E-state index contributed by atoms with van der Waals surface area (Å²) in [7, 11) is 0. The maximum Gasteiger partial charge on any atom is 0.416 e. The molecular formula is C16H12ClF3O3. The van der Waals surface area contributed by atoms with Crippen molar-refractivity contribution in [2.24, 2.45) is 0 Å². The minimum atomic E-state index is -4.38. The number of halogens is 4. The normalized spacial score (nSPS) is 12.6. The first-order valence-electron chi connectivity index (χ1n) is 6.57. The van der Waals surface area contributed by atoms with Gasteiger partial charge in [0.2, 0.25) is 0 Å². The maximum absolute atomic E-state index is 12.5. The van der Waals surface area contributed by atoms with E-state index in [9.17, 15) is 18.0 Å². The van der Waals surface area contributed by atoms with E-state index in [0.29, 0.717) is 11.5 Å². The highest BCUT2D eigenvalue weighted by atomic mass is 35.5. The average molecular weight is 345 g/mol. The molecule has 1 atom stereocenters. The lowest BCUT2D eigenvalue weighted by molar-refractivity contribution is -0.137. The number of hydrogen-bond donors (Lipinski definition) is 0. The van der Waals surface area contributed by atoms with Crippen molar-refractivity contribution in [1.82, 2.24) is 0 Å². The first-order valence-corrected chi connectivity index (χ1v) is 6.94. The second-order valence-corrected chi connectivity index (χ2v) is 5.03. The van der Waals surface area contributed by atoms with Gasteiger partial charge in [-0.15, -0.1) is 0 Å². The van der Waals surface area contributed by atoms with Crippen LogP contribution in [0, 0.1) is 0 Å². The fourth-order valence-electron chi connectivity index (χ4n) is 1.68. The Labute approximate surface area is 135 Å². The van der Waals surface area contributed by atoms with Crippen LogP contribution in [0.3, 0.4) is 0 Å². The summed E-state index contributed by atoms with van der Waals surface area (Å²) >= 11 is 5.29. The Morgan fingerprint density at radius 1 is 0.957 bits per heavy atom. The molecule has 0 aliphatic rings. The summed E-state index contributed by atoms with van der Waals surface area (Å²) in [6.07, 6.45) is -5.16. The Morgan fingerprint density at radius 3 is 1.83 bits per heavy atom. The van der Waals surface area contributed by atoms with Crippen molar-refractivity contribution >= 4 is 16.8 Å². The van der Waals surface area contributed by atoms with Gasteiger partial charge in [0.05, 0.1) is 5.56 Å². The summed E-state index contributed by atoms with van der Waals surface area (Å²) in [5.74, 6) is 1.12. The Morgan fingerprint density at radius 2 is 1.39 bits per heavy atom. The molecule has 2 aromatic carbocycles. The Bertz CT molecular complexity index is 666. The molecule has 0 saturated carbocycles. The summed E-state index contributed by atoms with van der Waals surface area (Å²) in [5.41, 5.74) is -0.742. The molecule has 0 aliphatic carbocycles. The van der Waals surface area contributed by atoms with E-state index in [2.05, 4.69) is 0 Å². The summed E-state index contributed by atoms with van der Waals surface area (Å²) in [6.45, 7) is 1.52. The van der Waals surface area contributed by atoms with Crippen molar-refractivity contribution < 1.29 is 27.4 Å². The van der Waals surface area contributed by atoms with E-state index in [-0.39, 0.29) is 5.75 Å². The Hall–Kier alpha value is -2.21. The third kappa shape index (κ3) is 4.89. The molecule has 0 amide bonds. The van der Waals surface area contributed by atoms with E-state index in [1.54, 1.807) is 24.3 Å².